The predicted octanol–water partition coefficient (Wildman–Crippen LogP) is 4.85. The minimum Gasteiger partial charge on any atom is -0.544 e. The van der Waals surface area contributed by atoms with Crippen molar-refractivity contribution in [3.63, 3.8) is 0 Å². The van der Waals surface area contributed by atoms with Crippen LogP contribution in [0.4, 0.5) is 0 Å². The molecule has 0 aromatic rings. The Balaban J connectivity index is 3.28. The molecule has 0 saturated carbocycles. The van der Waals surface area contributed by atoms with Crippen LogP contribution in [0.1, 0.15) is 96.8 Å². The van der Waals surface area contributed by atoms with E-state index in [1.54, 1.807) is 0 Å². The summed E-state index contributed by atoms with van der Waals surface area (Å²) in [6.45, 7) is 3.31. The summed E-state index contributed by atoms with van der Waals surface area (Å²) in [7, 11) is 3.93. The average molecular weight is 354 g/mol. The molecule has 0 unspecified atom stereocenters. The predicted molar refractivity (Wildman–Crippen MR) is 106 cm³/mol. The van der Waals surface area contributed by atoms with E-state index in [4.69, 9.17) is 0 Å². The van der Waals surface area contributed by atoms with Gasteiger partial charge >= 0.3 is 0 Å². The molecule has 0 atom stereocenters. The van der Waals surface area contributed by atoms with Crippen molar-refractivity contribution in [1.29, 1.82) is 0 Å². The number of likely N-dealkylation sites (N-methyl/N-ethyl adjacent to an activating group) is 1. The van der Waals surface area contributed by atoms with Crippen LogP contribution in [-0.4, -0.2) is 37.6 Å². The van der Waals surface area contributed by atoms with Gasteiger partial charge in [0.05, 0.1) is 26.6 Å². The second-order valence-electron chi connectivity index (χ2n) is 8.13. The maximum Gasteiger partial charge on any atom is 0.119 e. The molecule has 0 rings (SSSR count). The summed E-state index contributed by atoms with van der Waals surface area (Å²) < 4.78 is 0.533. The highest BCUT2D eigenvalue weighted by Crippen LogP contribution is 2.11. The van der Waals surface area contributed by atoms with Crippen molar-refractivity contribution < 1.29 is 14.4 Å². The summed E-state index contributed by atoms with van der Waals surface area (Å²) in [5, 5.41) is 10.7. The second kappa shape index (κ2) is 16.6. The van der Waals surface area contributed by atoms with Gasteiger partial charge in [0.15, 0.2) is 0 Å². The number of carbonyl (C=O) groups is 1. The van der Waals surface area contributed by atoms with Crippen molar-refractivity contribution in [3.05, 3.63) is 12.2 Å². The van der Waals surface area contributed by atoms with Gasteiger partial charge in [0.25, 0.3) is 0 Å². The second-order valence-corrected chi connectivity index (χ2v) is 8.13. The van der Waals surface area contributed by atoms with E-state index in [9.17, 15) is 9.90 Å². The molecule has 25 heavy (non-hydrogen) atoms. The molecular weight excluding hydrogens is 310 g/mol. The number of carboxylic acids is 1. The number of quaternary nitrogens is 1. The first-order valence-electron chi connectivity index (χ1n) is 10.6. The van der Waals surface area contributed by atoms with Crippen LogP contribution in [0.25, 0.3) is 0 Å². The molecule has 0 amide bonds. The summed E-state index contributed by atoms with van der Waals surface area (Å²) in [6.07, 6.45) is 23.0. The minimum absolute atomic E-state index is 0.116. The van der Waals surface area contributed by atoms with Crippen LogP contribution in [0.5, 0.6) is 0 Å². The lowest BCUT2D eigenvalue weighted by atomic mass is 10.1. The molecule has 0 aliphatic rings. The average Bonchev–Trinajstić information content (AvgIpc) is 2.53. The highest BCUT2D eigenvalue weighted by molar-refractivity contribution is 5.65. The fraction of sp³-hybridized carbons (Fsp3) is 0.864. The molecule has 0 fully saturated rings. The fourth-order valence-electron chi connectivity index (χ4n) is 3.22. The number of carbonyl (C=O) groups excluding carboxylic acids is 1. The Labute approximate surface area is 157 Å². The number of nitrogens with zero attached hydrogens (tertiary/aromatic N) is 1. The third-order valence-electron chi connectivity index (χ3n) is 4.83. The quantitative estimate of drug-likeness (QED) is 0.201. The Morgan fingerprint density at radius 2 is 1.20 bits per heavy atom. The van der Waals surface area contributed by atoms with E-state index >= 15 is 0 Å². The lowest BCUT2D eigenvalue weighted by Gasteiger charge is -2.30. The van der Waals surface area contributed by atoms with Crippen LogP contribution in [0.2, 0.25) is 0 Å². The van der Waals surface area contributed by atoms with Crippen LogP contribution in [-0.2, 0) is 4.79 Å². The van der Waals surface area contributed by atoms with Crippen LogP contribution < -0.4 is 5.11 Å². The molecular formula is C22H43NO2. The maximum atomic E-state index is 10.7. The molecule has 0 saturated heterocycles. The van der Waals surface area contributed by atoms with Crippen LogP contribution in [0.3, 0.4) is 0 Å². The zero-order chi connectivity index (χ0) is 18.8. The van der Waals surface area contributed by atoms with E-state index in [2.05, 4.69) is 19.1 Å². The molecule has 0 aromatic heterocycles. The normalized spacial score (nSPS) is 12.1. The van der Waals surface area contributed by atoms with Crippen molar-refractivity contribution in [2.75, 3.05) is 27.2 Å². The number of carboxylic acid groups (broad SMARTS) is 1. The summed E-state index contributed by atoms with van der Waals surface area (Å²) in [5.41, 5.74) is 0. The van der Waals surface area contributed by atoms with Gasteiger partial charge in [-0.1, -0.05) is 70.4 Å². The first-order valence-corrected chi connectivity index (χ1v) is 10.6. The van der Waals surface area contributed by atoms with Crippen molar-refractivity contribution in [2.24, 2.45) is 0 Å². The summed E-state index contributed by atoms with van der Waals surface area (Å²) in [6, 6.07) is 0. The molecule has 0 aliphatic heterocycles. The van der Waals surface area contributed by atoms with E-state index < -0.39 is 5.97 Å². The van der Waals surface area contributed by atoms with Gasteiger partial charge in [-0.05, 0) is 38.5 Å². The summed E-state index contributed by atoms with van der Waals surface area (Å²) >= 11 is 0. The molecule has 3 heteroatoms. The summed E-state index contributed by atoms with van der Waals surface area (Å²) in [5.74, 6) is -0.949. The number of unbranched alkanes of at least 4 members (excludes halogenated alkanes) is 12. The zero-order valence-corrected chi connectivity index (χ0v) is 17.2. The lowest BCUT2D eigenvalue weighted by molar-refractivity contribution is -0.885. The standard InChI is InChI=1S/C22H43NO2/c1-4-5-6-7-8-9-10-11-12-13-14-15-16-17-18-19-20-23(2,3)21-22(24)25/h11-12H,4-10,13-21H2,1-3H3/b12-11+. The maximum absolute atomic E-state index is 10.7. The van der Waals surface area contributed by atoms with E-state index in [0.717, 1.165) is 13.0 Å². The molecule has 0 bridgehead atoms. The largest absolute Gasteiger partial charge is 0.544 e. The zero-order valence-electron chi connectivity index (χ0n) is 17.2. The number of rotatable bonds is 18. The van der Waals surface area contributed by atoms with E-state index in [0.29, 0.717) is 4.48 Å². The van der Waals surface area contributed by atoms with E-state index in [-0.39, 0.29) is 6.54 Å². The molecule has 0 radical (unpaired) electrons. The van der Waals surface area contributed by atoms with Crippen molar-refractivity contribution in [2.45, 2.75) is 96.8 Å². The van der Waals surface area contributed by atoms with Gasteiger partial charge in [-0.25, -0.2) is 0 Å². The number of hydrogen-bond acceptors (Lipinski definition) is 2. The summed E-state index contributed by atoms with van der Waals surface area (Å²) in [4.78, 5) is 10.7. The smallest absolute Gasteiger partial charge is 0.119 e. The third-order valence-corrected chi connectivity index (χ3v) is 4.83. The van der Waals surface area contributed by atoms with Crippen LogP contribution in [0, 0.1) is 0 Å². The topological polar surface area (TPSA) is 40.1 Å². The monoisotopic (exact) mass is 353 g/mol. The SMILES string of the molecule is CCCCCCCC/C=C/CCCCCCCC[N+](C)(C)CC(=O)[O-]. The number of aliphatic carboxylic acids is 1. The highest BCUT2D eigenvalue weighted by Gasteiger charge is 2.14. The number of allylic oxidation sites excluding steroid dienone is 2. The Hall–Kier alpha value is -0.830. The van der Waals surface area contributed by atoms with Crippen molar-refractivity contribution >= 4 is 5.97 Å². The van der Waals surface area contributed by atoms with E-state index in [1.165, 1.54) is 83.5 Å². The lowest BCUT2D eigenvalue weighted by Crippen LogP contribution is -2.48. The number of hydrogen-bond donors (Lipinski definition) is 0. The Morgan fingerprint density at radius 3 is 1.68 bits per heavy atom. The molecule has 0 aliphatic carbocycles. The molecule has 0 spiro atoms. The molecule has 3 nitrogen and oxygen atoms in total. The first kappa shape index (κ1) is 24.2. The van der Waals surface area contributed by atoms with Gasteiger partial charge in [-0.3, -0.25) is 0 Å². The molecule has 0 heterocycles. The molecule has 148 valence electrons. The van der Waals surface area contributed by atoms with Gasteiger partial charge in [0, 0.05) is 0 Å². The third kappa shape index (κ3) is 19.3. The Bertz CT molecular complexity index is 337. The Morgan fingerprint density at radius 1 is 0.760 bits per heavy atom. The highest BCUT2D eigenvalue weighted by atomic mass is 16.4. The fourth-order valence-corrected chi connectivity index (χ4v) is 3.22. The minimum atomic E-state index is -0.949. The first-order chi connectivity index (χ1) is 12.0. The van der Waals surface area contributed by atoms with Crippen LogP contribution in [0.15, 0.2) is 12.2 Å². The molecule has 0 N–H and O–H groups in total. The van der Waals surface area contributed by atoms with Crippen LogP contribution >= 0.6 is 0 Å². The molecule has 0 aromatic carbocycles. The van der Waals surface area contributed by atoms with Crippen molar-refractivity contribution in [3.8, 4) is 0 Å². The van der Waals surface area contributed by atoms with E-state index in [1.807, 2.05) is 14.1 Å². The van der Waals surface area contributed by atoms with Gasteiger partial charge in [-0.15, -0.1) is 0 Å². The Kier molecular flexibility index (Phi) is 16.1. The van der Waals surface area contributed by atoms with Gasteiger partial charge in [0.2, 0.25) is 0 Å². The van der Waals surface area contributed by atoms with Gasteiger partial charge in [0.1, 0.15) is 6.54 Å². The van der Waals surface area contributed by atoms with Crippen molar-refractivity contribution in [1.82, 2.24) is 0 Å². The van der Waals surface area contributed by atoms with Gasteiger partial charge in [-0.2, -0.15) is 0 Å². The van der Waals surface area contributed by atoms with Gasteiger partial charge < -0.3 is 14.4 Å².